The number of likely N-dealkylation sites (tertiary alicyclic amines) is 1. The Kier molecular flexibility index (Phi) is 7.26. The van der Waals surface area contributed by atoms with Crippen LogP contribution in [-0.4, -0.2) is 84.6 Å². The molecule has 3 aromatic rings. The number of pyridine rings is 1. The fourth-order valence-corrected chi connectivity index (χ4v) is 6.40. The molecule has 3 aromatic heterocycles. The van der Waals surface area contributed by atoms with Gasteiger partial charge >= 0.3 is 0 Å². The lowest BCUT2D eigenvalue weighted by molar-refractivity contribution is 0.0784. The van der Waals surface area contributed by atoms with Crippen molar-refractivity contribution in [1.82, 2.24) is 29.6 Å². The predicted octanol–water partition coefficient (Wildman–Crippen LogP) is 4.44. The first-order valence-electron chi connectivity index (χ1n) is 13.4. The number of aryl methyl sites for hydroxylation is 1. The Morgan fingerprint density at radius 1 is 1.05 bits per heavy atom. The first kappa shape index (κ1) is 26.1. The van der Waals surface area contributed by atoms with Crippen LogP contribution in [0.3, 0.4) is 0 Å². The molecule has 200 valence electrons. The van der Waals surface area contributed by atoms with Gasteiger partial charge in [-0.1, -0.05) is 19.6 Å². The monoisotopic (exact) mass is 523 g/mol. The Morgan fingerprint density at radius 2 is 1.81 bits per heavy atom. The molecule has 0 N–H and O–H groups in total. The van der Waals surface area contributed by atoms with Gasteiger partial charge in [-0.3, -0.25) is 4.98 Å². The summed E-state index contributed by atoms with van der Waals surface area (Å²) in [5, 5.41) is 5.63. The molecule has 2 aliphatic rings. The normalized spacial score (nSPS) is 18.3. The quantitative estimate of drug-likeness (QED) is 0.317. The molecule has 0 aliphatic carbocycles. The van der Waals surface area contributed by atoms with Gasteiger partial charge in [0.15, 0.2) is 5.82 Å². The smallest absolute Gasteiger partial charge is 0.165 e. The van der Waals surface area contributed by atoms with E-state index in [0.717, 1.165) is 53.7 Å². The van der Waals surface area contributed by atoms with Crippen LogP contribution in [0.4, 0.5) is 5.82 Å². The van der Waals surface area contributed by atoms with Crippen LogP contribution in [0.2, 0.25) is 25.7 Å². The van der Waals surface area contributed by atoms with Crippen molar-refractivity contribution < 1.29 is 9.47 Å². The van der Waals surface area contributed by atoms with Gasteiger partial charge in [0.2, 0.25) is 0 Å². The van der Waals surface area contributed by atoms with Crippen LogP contribution in [0.15, 0.2) is 18.6 Å². The van der Waals surface area contributed by atoms with Gasteiger partial charge < -0.3 is 19.3 Å². The summed E-state index contributed by atoms with van der Waals surface area (Å²) < 4.78 is 13.5. The maximum absolute atomic E-state index is 5.93. The maximum Gasteiger partial charge on any atom is 0.165 e. The Labute approximate surface area is 221 Å². The lowest BCUT2D eigenvalue weighted by Gasteiger charge is -2.40. The molecule has 10 heteroatoms. The van der Waals surface area contributed by atoms with Crippen molar-refractivity contribution in [2.45, 2.75) is 58.6 Å². The zero-order valence-electron chi connectivity index (χ0n) is 23.3. The summed E-state index contributed by atoms with van der Waals surface area (Å²) in [6, 6.07) is 1.14. The van der Waals surface area contributed by atoms with E-state index in [1.807, 2.05) is 24.0 Å². The van der Waals surface area contributed by atoms with E-state index in [-0.39, 0.29) is 0 Å². The topological polar surface area (TPSA) is 81.4 Å². The van der Waals surface area contributed by atoms with Crippen molar-refractivity contribution in [2.75, 3.05) is 51.8 Å². The molecular formula is C27H41N7O2Si. The highest BCUT2D eigenvalue weighted by Gasteiger charge is 2.40. The van der Waals surface area contributed by atoms with Gasteiger partial charge in [0.1, 0.15) is 18.3 Å². The predicted molar refractivity (Wildman–Crippen MR) is 150 cm³/mol. The third kappa shape index (κ3) is 5.66. The van der Waals surface area contributed by atoms with Crippen LogP contribution in [0.25, 0.3) is 22.3 Å². The van der Waals surface area contributed by atoms with E-state index in [0.29, 0.717) is 23.7 Å². The number of aromatic nitrogens is 5. The van der Waals surface area contributed by atoms with Gasteiger partial charge in [0, 0.05) is 40.5 Å². The second kappa shape index (κ2) is 10.3. The first-order chi connectivity index (χ1) is 17.7. The van der Waals surface area contributed by atoms with E-state index < -0.39 is 8.07 Å². The summed E-state index contributed by atoms with van der Waals surface area (Å²) in [6.45, 7) is 14.6. The van der Waals surface area contributed by atoms with Gasteiger partial charge in [-0.2, -0.15) is 5.10 Å². The van der Waals surface area contributed by atoms with Crippen LogP contribution in [0, 0.1) is 12.3 Å². The molecule has 9 nitrogen and oxygen atoms in total. The molecule has 5 heterocycles. The summed E-state index contributed by atoms with van der Waals surface area (Å²) in [5.74, 6) is 2.31. The lowest BCUT2D eigenvalue weighted by atomic mass is 9.78. The molecule has 0 atom stereocenters. The van der Waals surface area contributed by atoms with Crippen LogP contribution < -0.4 is 9.64 Å². The highest BCUT2D eigenvalue weighted by molar-refractivity contribution is 6.76. The van der Waals surface area contributed by atoms with Crippen LogP contribution in [0.1, 0.15) is 25.0 Å². The minimum absolute atomic E-state index is 0.434. The average Bonchev–Trinajstić information content (AvgIpc) is 3.42. The van der Waals surface area contributed by atoms with Gasteiger partial charge in [-0.05, 0) is 51.2 Å². The number of methoxy groups -OCH3 is 1. The Bertz CT molecular complexity index is 1250. The summed E-state index contributed by atoms with van der Waals surface area (Å²) in [6.07, 6.45) is 9.21. The first-order valence-corrected chi connectivity index (χ1v) is 17.1. The van der Waals surface area contributed by atoms with E-state index in [2.05, 4.69) is 41.5 Å². The molecule has 5 rings (SSSR count). The highest BCUT2D eigenvalue weighted by atomic mass is 28.3. The summed E-state index contributed by atoms with van der Waals surface area (Å²) in [7, 11) is 2.80. The minimum Gasteiger partial charge on any atom is -0.494 e. The maximum atomic E-state index is 5.93. The Hall–Kier alpha value is -2.56. The van der Waals surface area contributed by atoms with Gasteiger partial charge in [0.25, 0.3) is 0 Å². The molecule has 37 heavy (non-hydrogen) atoms. The standard InChI is InChI=1S/C27H41N7O2Si/c1-20-21(17-34(31-20)19-36-13-14-37(4,5)6)25-29-22-15-28-16-23(35-3)24(22)26(30-25)33-11-8-27(9-12-33)7-10-32(2)18-27/h15-17H,7-14,18-19H2,1-6H3. The Balaban J connectivity index is 1.44. The van der Waals surface area contributed by atoms with Gasteiger partial charge in [0.05, 0.1) is 41.7 Å². The van der Waals surface area contributed by atoms with Crippen LogP contribution in [0.5, 0.6) is 5.75 Å². The molecular weight excluding hydrogens is 482 g/mol. The van der Waals surface area contributed by atoms with Crippen molar-refractivity contribution in [3.8, 4) is 17.1 Å². The second-order valence-corrected chi connectivity index (χ2v) is 17.7. The summed E-state index contributed by atoms with van der Waals surface area (Å²) in [4.78, 5) is 19.3. The number of hydrogen-bond donors (Lipinski definition) is 0. The number of nitrogens with zero attached hydrogens (tertiary/aromatic N) is 7. The summed E-state index contributed by atoms with van der Waals surface area (Å²) in [5.41, 5.74) is 3.04. The third-order valence-electron chi connectivity index (χ3n) is 7.93. The highest BCUT2D eigenvalue weighted by Crippen LogP contribution is 2.42. The number of ether oxygens (including phenoxy) is 2. The molecule has 0 unspecified atom stereocenters. The molecule has 2 aliphatic heterocycles. The fraction of sp³-hybridized carbons (Fsp3) is 0.630. The largest absolute Gasteiger partial charge is 0.494 e. The summed E-state index contributed by atoms with van der Waals surface area (Å²) >= 11 is 0. The molecule has 2 fully saturated rings. The zero-order chi connectivity index (χ0) is 26.2. The number of rotatable bonds is 8. The van der Waals surface area contributed by atoms with Crippen molar-refractivity contribution in [1.29, 1.82) is 0 Å². The molecule has 0 radical (unpaired) electrons. The van der Waals surface area contributed by atoms with Crippen LogP contribution in [-0.2, 0) is 11.5 Å². The van der Waals surface area contributed by atoms with Crippen molar-refractivity contribution in [3.05, 3.63) is 24.3 Å². The second-order valence-electron chi connectivity index (χ2n) is 12.1. The van der Waals surface area contributed by atoms with E-state index in [1.54, 1.807) is 13.3 Å². The SMILES string of the molecule is COc1cncc2nc(-c3cn(COCC[Si](C)(C)C)nc3C)nc(N3CCC4(CCN(C)C4)CC3)c12. The third-order valence-corrected chi connectivity index (χ3v) is 9.64. The van der Waals surface area contributed by atoms with Crippen LogP contribution >= 0.6 is 0 Å². The average molecular weight is 524 g/mol. The van der Waals surface area contributed by atoms with Gasteiger partial charge in [-0.15, -0.1) is 0 Å². The Morgan fingerprint density at radius 3 is 2.49 bits per heavy atom. The van der Waals surface area contributed by atoms with E-state index in [1.165, 1.54) is 32.4 Å². The fourth-order valence-electron chi connectivity index (χ4n) is 5.64. The molecule has 0 bridgehead atoms. The van der Waals surface area contributed by atoms with Crippen molar-refractivity contribution >= 4 is 24.8 Å². The van der Waals surface area contributed by atoms with E-state index >= 15 is 0 Å². The zero-order valence-corrected chi connectivity index (χ0v) is 24.3. The van der Waals surface area contributed by atoms with E-state index in [9.17, 15) is 0 Å². The van der Waals surface area contributed by atoms with Gasteiger partial charge in [-0.25, -0.2) is 14.6 Å². The van der Waals surface area contributed by atoms with Crippen molar-refractivity contribution in [2.24, 2.45) is 5.41 Å². The molecule has 0 amide bonds. The number of anilines is 1. The molecule has 1 spiro atoms. The van der Waals surface area contributed by atoms with Crippen molar-refractivity contribution in [3.63, 3.8) is 0 Å². The van der Waals surface area contributed by atoms with E-state index in [4.69, 9.17) is 24.5 Å². The minimum atomic E-state index is -1.12. The lowest BCUT2D eigenvalue weighted by Crippen LogP contribution is -2.41. The number of fused-ring (bicyclic) bond motifs is 1. The molecule has 2 saturated heterocycles. The number of hydrogen-bond acceptors (Lipinski definition) is 8. The molecule has 0 saturated carbocycles. The number of piperidine rings is 1. The molecule has 0 aromatic carbocycles.